The molecular weight excluding hydrogens is 422 g/mol. The lowest BCUT2D eigenvalue weighted by Crippen LogP contribution is -2.30. The fourth-order valence-electron chi connectivity index (χ4n) is 5.83. The summed E-state index contributed by atoms with van der Waals surface area (Å²) in [6.45, 7) is 3.67. The zero-order chi connectivity index (χ0) is 22.2. The lowest BCUT2D eigenvalue weighted by Gasteiger charge is -2.34. The van der Waals surface area contributed by atoms with Crippen molar-refractivity contribution in [2.75, 3.05) is 0 Å². The van der Waals surface area contributed by atoms with Crippen molar-refractivity contribution in [2.24, 2.45) is 11.8 Å². The molecule has 1 N–H and O–H groups in total. The first-order valence-corrected chi connectivity index (χ1v) is 13.0. The summed E-state index contributed by atoms with van der Waals surface area (Å²) in [7, 11) is 0. The van der Waals surface area contributed by atoms with Gasteiger partial charge in [0.1, 0.15) is 11.1 Å². The minimum atomic E-state index is -0.376. The van der Waals surface area contributed by atoms with E-state index in [0.717, 1.165) is 30.7 Å². The van der Waals surface area contributed by atoms with E-state index in [9.17, 15) is 9.90 Å². The SMILES string of the molecule is CC(C)OC(=O)c1csc([C@H]2CC[C@@H]3[C@@H](CCc4ccc5c(c4)CCC5)[C@H](O)C[C@@H]3O2)n1. The molecule has 1 aromatic heterocycles. The molecule has 5 nitrogen and oxygen atoms in total. The topological polar surface area (TPSA) is 68.7 Å². The van der Waals surface area contributed by atoms with Gasteiger partial charge in [-0.3, -0.25) is 0 Å². The third-order valence-corrected chi connectivity index (χ3v) is 8.31. The second-order valence-electron chi connectivity index (χ2n) is 9.89. The van der Waals surface area contributed by atoms with Crippen molar-refractivity contribution in [1.82, 2.24) is 4.98 Å². The van der Waals surface area contributed by atoms with Crippen LogP contribution in [-0.4, -0.2) is 34.4 Å². The van der Waals surface area contributed by atoms with Crippen molar-refractivity contribution in [3.8, 4) is 0 Å². The minimum absolute atomic E-state index is 0.0729. The molecule has 0 bridgehead atoms. The van der Waals surface area contributed by atoms with Gasteiger partial charge in [-0.05, 0) is 87.3 Å². The van der Waals surface area contributed by atoms with Crippen molar-refractivity contribution in [3.63, 3.8) is 0 Å². The van der Waals surface area contributed by atoms with Crippen LogP contribution < -0.4 is 0 Å². The van der Waals surface area contributed by atoms with E-state index < -0.39 is 0 Å². The van der Waals surface area contributed by atoms with Crippen LogP contribution in [-0.2, 0) is 28.7 Å². The van der Waals surface area contributed by atoms with Gasteiger partial charge in [0.2, 0.25) is 0 Å². The number of aryl methyl sites for hydroxylation is 3. The summed E-state index contributed by atoms with van der Waals surface area (Å²) >= 11 is 1.46. The number of fused-ring (bicyclic) bond motifs is 2. The van der Waals surface area contributed by atoms with E-state index in [4.69, 9.17) is 9.47 Å². The van der Waals surface area contributed by atoms with Gasteiger partial charge in [0.25, 0.3) is 0 Å². The maximum Gasteiger partial charge on any atom is 0.358 e. The average Bonchev–Trinajstić information content (AvgIpc) is 3.49. The number of benzene rings is 1. The number of esters is 1. The van der Waals surface area contributed by atoms with Gasteiger partial charge in [0.05, 0.1) is 18.3 Å². The molecule has 0 amide bonds. The van der Waals surface area contributed by atoms with Crippen LogP contribution in [0.15, 0.2) is 23.6 Å². The number of hydrogen-bond donors (Lipinski definition) is 1. The van der Waals surface area contributed by atoms with Crippen LogP contribution >= 0.6 is 11.3 Å². The highest BCUT2D eigenvalue weighted by Crippen LogP contribution is 2.47. The molecule has 5 atom stereocenters. The van der Waals surface area contributed by atoms with E-state index >= 15 is 0 Å². The zero-order valence-corrected chi connectivity index (χ0v) is 19.8. The number of carbonyl (C=O) groups is 1. The molecule has 1 aliphatic heterocycles. The third kappa shape index (κ3) is 4.50. The predicted molar refractivity (Wildman–Crippen MR) is 124 cm³/mol. The Morgan fingerprint density at radius 2 is 2.12 bits per heavy atom. The van der Waals surface area contributed by atoms with E-state index in [1.807, 2.05) is 13.8 Å². The van der Waals surface area contributed by atoms with Crippen molar-refractivity contribution < 1.29 is 19.4 Å². The highest BCUT2D eigenvalue weighted by molar-refractivity contribution is 7.09. The highest BCUT2D eigenvalue weighted by atomic mass is 32.1. The molecule has 5 rings (SSSR count). The summed E-state index contributed by atoms with van der Waals surface area (Å²) in [6, 6.07) is 6.97. The van der Waals surface area contributed by atoms with E-state index in [-0.39, 0.29) is 30.4 Å². The summed E-state index contributed by atoms with van der Waals surface area (Å²) in [5.74, 6) is 0.321. The highest BCUT2D eigenvalue weighted by Gasteiger charge is 2.46. The lowest BCUT2D eigenvalue weighted by molar-refractivity contribution is -0.0794. The van der Waals surface area contributed by atoms with Gasteiger partial charge in [0.15, 0.2) is 5.69 Å². The van der Waals surface area contributed by atoms with Gasteiger partial charge in [0, 0.05) is 11.8 Å². The van der Waals surface area contributed by atoms with Gasteiger partial charge in [-0.2, -0.15) is 0 Å². The number of hydrogen-bond acceptors (Lipinski definition) is 6. The molecule has 2 aliphatic carbocycles. The Hall–Kier alpha value is -1.76. The monoisotopic (exact) mass is 455 g/mol. The Bertz CT molecular complexity index is 970. The molecule has 172 valence electrons. The second-order valence-corrected chi connectivity index (χ2v) is 10.8. The van der Waals surface area contributed by atoms with Crippen LogP contribution in [0.4, 0.5) is 0 Å². The molecule has 3 aliphatic rings. The number of rotatable bonds is 6. The summed E-state index contributed by atoms with van der Waals surface area (Å²) in [6.07, 6.45) is 7.88. The number of nitrogens with zero attached hydrogens (tertiary/aromatic N) is 1. The molecule has 2 aromatic rings. The third-order valence-electron chi connectivity index (χ3n) is 7.38. The second kappa shape index (κ2) is 9.24. The number of thiazole rings is 1. The smallest absolute Gasteiger partial charge is 0.358 e. The quantitative estimate of drug-likeness (QED) is 0.618. The zero-order valence-electron chi connectivity index (χ0n) is 19.0. The maximum absolute atomic E-state index is 12.1. The van der Waals surface area contributed by atoms with Gasteiger partial charge in [-0.25, -0.2) is 9.78 Å². The summed E-state index contributed by atoms with van der Waals surface area (Å²) < 4.78 is 11.7. The van der Waals surface area contributed by atoms with Crippen LogP contribution in [0, 0.1) is 11.8 Å². The molecule has 0 unspecified atom stereocenters. The van der Waals surface area contributed by atoms with Crippen LogP contribution in [0.25, 0.3) is 0 Å². The molecule has 0 radical (unpaired) electrons. The molecule has 2 heterocycles. The van der Waals surface area contributed by atoms with E-state index in [1.54, 1.807) is 5.38 Å². The number of aliphatic hydroxyl groups is 1. The van der Waals surface area contributed by atoms with Gasteiger partial charge in [-0.15, -0.1) is 11.3 Å². The van der Waals surface area contributed by atoms with Crippen LogP contribution in [0.2, 0.25) is 0 Å². The molecule has 1 saturated carbocycles. The standard InChI is InChI=1S/C26H33NO4S/c1-15(2)30-26(29)21-14-32-25(27-21)23-11-10-20-19(22(28)13-24(20)31-23)9-7-16-6-8-17-4-3-5-18(17)12-16/h6,8,12,14-15,19-20,22-24,28H,3-5,7,9-11,13H2,1-2H3/t19-,20-,22-,23-,24+/m1/s1. The molecular formula is C26H33NO4S. The van der Waals surface area contributed by atoms with E-state index in [0.29, 0.717) is 24.0 Å². The molecule has 0 spiro atoms. The number of ether oxygens (including phenoxy) is 2. The summed E-state index contributed by atoms with van der Waals surface area (Å²) in [5, 5.41) is 13.4. The molecule has 6 heteroatoms. The first-order valence-electron chi connectivity index (χ1n) is 12.1. The fourth-order valence-corrected chi connectivity index (χ4v) is 6.69. The van der Waals surface area contributed by atoms with Crippen molar-refractivity contribution in [3.05, 3.63) is 51.0 Å². The average molecular weight is 456 g/mol. The fraction of sp³-hybridized carbons (Fsp3) is 0.615. The van der Waals surface area contributed by atoms with Crippen molar-refractivity contribution in [1.29, 1.82) is 0 Å². The lowest BCUT2D eigenvalue weighted by atomic mass is 9.83. The molecule has 1 aromatic carbocycles. The van der Waals surface area contributed by atoms with E-state index in [2.05, 4.69) is 23.2 Å². The molecule has 32 heavy (non-hydrogen) atoms. The molecule has 2 fully saturated rings. The Morgan fingerprint density at radius 1 is 1.28 bits per heavy atom. The number of carbonyl (C=O) groups excluding carboxylic acids is 1. The number of aromatic nitrogens is 1. The summed E-state index contributed by atoms with van der Waals surface area (Å²) in [5.41, 5.74) is 4.81. The van der Waals surface area contributed by atoms with Gasteiger partial charge in [-0.1, -0.05) is 18.2 Å². The van der Waals surface area contributed by atoms with Crippen molar-refractivity contribution in [2.45, 2.75) is 89.6 Å². The number of aliphatic hydroxyl groups excluding tert-OH is 1. The first kappa shape index (κ1) is 22.1. The Balaban J connectivity index is 1.19. The van der Waals surface area contributed by atoms with Crippen LogP contribution in [0.1, 0.15) is 84.2 Å². The van der Waals surface area contributed by atoms with Crippen LogP contribution in [0.5, 0.6) is 0 Å². The van der Waals surface area contributed by atoms with E-state index in [1.165, 1.54) is 47.3 Å². The predicted octanol–water partition coefficient (Wildman–Crippen LogP) is 5.05. The van der Waals surface area contributed by atoms with Gasteiger partial charge < -0.3 is 14.6 Å². The Labute approximate surface area is 194 Å². The van der Waals surface area contributed by atoms with Crippen LogP contribution in [0.3, 0.4) is 0 Å². The first-order chi connectivity index (χ1) is 15.5. The Morgan fingerprint density at radius 3 is 2.97 bits per heavy atom. The maximum atomic E-state index is 12.1. The molecule has 1 saturated heterocycles. The van der Waals surface area contributed by atoms with Gasteiger partial charge >= 0.3 is 5.97 Å². The largest absolute Gasteiger partial charge is 0.458 e. The minimum Gasteiger partial charge on any atom is -0.458 e. The summed E-state index contributed by atoms with van der Waals surface area (Å²) in [4.78, 5) is 16.6. The normalized spacial score (nSPS) is 29.2. The van der Waals surface area contributed by atoms with Crippen molar-refractivity contribution >= 4 is 17.3 Å². The Kier molecular flexibility index (Phi) is 6.37.